The largest absolute Gasteiger partial charge is 0.369 e. The molecule has 0 aliphatic rings. The van der Waals surface area contributed by atoms with E-state index >= 15 is 0 Å². The molecule has 4 heteroatoms. The van der Waals surface area contributed by atoms with Crippen LogP contribution in [0.2, 0.25) is 5.02 Å². The fourth-order valence-electron chi connectivity index (χ4n) is 2.07. The number of pyridine rings is 1. The zero-order valence-electron chi connectivity index (χ0n) is 11.3. The molecule has 0 fully saturated rings. The topological polar surface area (TPSA) is 48.7 Å². The number of nitrogens with zero attached hydrogens (tertiary/aromatic N) is 2. The summed E-state index contributed by atoms with van der Waals surface area (Å²) in [6.45, 7) is 2.94. The van der Waals surface area contributed by atoms with E-state index in [2.05, 4.69) is 29.4 Å². The molecule has 2 aromatic rings. The number of hydrogen-bond acceptors (Lipinski definition) is 3. The molecule has 1 aromatic heterocycles. The first-order chi connectivity index (χ1) is 9.74. The fraction of sp³-hybridized carbons (Fsp3) is 0.250. The van der Waals surface area contributed by atoms with Gasteiger partial charge in [0.25, 0.3) is 0 Å². The van der Waals surface area contributed by atoms with Gasteiger partial charge in [-0.2, -0.15) is 5.26 Å². The molecule has 1 heterocycles. The van der Waals surface area contributed by atoms with Crippen molar-refractivity contribution in [1.82, 2.24) is 4.98 Å². The third kappa shape index (κ3) is 3.49. The Bertz CT molecular complexity index is 605. The number of halogens is 1. The van der Waals surface area contributed by atoms with E-state index in [0.717, 1.165) is 13.0 Å². The minimum atomic E-state index is 0.254. The van der Waals surface area contributed by atoms with Crippen LogP contribution < -0.4 is 5.32 Å². The minimum Gasteiger partial charge on any atom is -0.369 e. The highest BCUT2D eigenvalue weighted by atomic mass is 35.5. The van der Waals surface area contributed by atoms with Crippen LogP contribution in [-0.4, -0.2) is 11.5 Å². The summed E-state index contributed by atoms with van der Waals surface area (Å²) in [5.41, 5.74) is 1.56. The summed E-state index contributed by atoms with van der Waals surface area (Å²) in [5.74, 6) is 1.10. The number of anilines is 1. The molecule has 0 bridgehead atoms. The van der Waals surface area contributed by atoms with Crippen LogP contribution in [0, 0.1) is 11.3 Å². The van der Waals surface area contributed by atoms with Gasteiger partial charge >= 0.3 is 0 Å². The van der Waals surface area contributed by atoms with Gasteiger partial charge in [0, 0.05) is 12.5 Å². The van der Waals surface area contributed by atoms with Gasteiger partial charge < -0.3 is 5.32 Å². The van der Waals surface area contributed by atoms with Gasteiger partial charge in [-0.15, -0.1) is 0 Å². The van der Waals surface area contributed by atoms with Crippen LogP contribution >= 0.6 is 11.6 Å². The summed E-state index contributed by atoms with van der Waals surface area (Å²) in [7, 11) is 0. The van der Waals surface area contributed by atoms with Gasteiger partial charge in [-0.05, 0) is 24.1 Å². The van der Waals surface area contributed by atoms with E-state index < -0.39 is 0 Å². The zero-order valence-corrected chi connectivity index (χ0v) is 12.1. The Morgan fingerprint density at radius 2 is 2.00 bits per heavy atom. The van der Waals surface area contributed by atoms with E-state index in [1.165, 1.54) is 5.56 Å². The lowest BCUT2D eigenvalue weighted by Gasteiger charge is -2.16. The van der Waals surface area contributed by atoms with Crippen LogP contribution in [0.25, 0.3) is 0 Å². The molecule has 1 unspecified atom stereocenters. The van der Waals surface area contributed by atoms with E-state index in [1.54, 1.807) is 12.1 Å². The van der Waals surface area contributed by atoms with Crippen LogP contribution in [0.5, 0.6) is 0 Å². The Hall–Kier alpha value is -2.05. The van der Waals surface area contributed by atoms with Crippen LogP contribution in [-0.2, 0) is 0 Å². The lowest BCUT2D eigenvalue weighted by Crippen LogP contribution is -2.13. The third-order valence-corrected chi connectivity index (χ3v) is 3.55. The zero-order chi connectivity index (χ0) is 14.4. The predicted molar refractivity (Wildman–Crippen MR) is 81.9 cm³/mol. The fourth-order valence-corrected chi connectivity index (χ4v) is 2.22. The minimum absolute atomic E-state index is 0.254. The van der Waals surface area contributed by atoms with E-state index in [0.29, 0.717) is 16.8 Å². The molecule has 2 rings (SSSR count). The molecule has 0 radical (unpaired) electrons. The molecule has 0 aliphatic heterocycles. The molecule has 1 aromatic carbocycles. The number of nitrogens with one attached hydrogen (secondary N) is 1. The van der Waals surface area contributed by atoms with Crippen molar-refractivity contribution < 1.29 is 0 Å². The molecule has 20 heavy (non-hydrogen) atoms. The molecule has 1 N–H and O–H groups in total. The maximum atomic E-state index is 8.92. The van der Waals surface area contributed by atoms with Crippen LogP contribution in [0.3, 0.4) is 0 Å². The first-order valence-electron chi connectivity index (χ1n) is 6.60. The first-order valence-corrected chi connectivity index (χ1v) is 6.97. The lowest BCUT2D eigenvalue weighted by molar-refractivity contribution is 0.693. The van der Waals surface area contributed by atoms with Crippen molar-refractivity contribution >= 4 is 17.4 Å². The highest BCUT2D eigenvalue weighted by molar-refractivity contribution is 6.31. The van der Waals surface area contributed by atoms with Crippen molar-refractivity contribution in [2.24, 2.45) is 0 Å². The summed E-state index contributed by atoms with van der Waals surface area (Å²) in [5, 5.41) is 12.6. The predicted octanol–water partition coefficient (Wildman–Crippen LogP) is 4.21. The molecule has 0 saturated carbocycles. The summed E-state index contributed by atoms with van der Waals surface area (Å²) < 4.78 is 0. The lowest BCUT2D eigenvalue weighted by atomic mass is 9.96. The van der Waals surface area contributed by atoms with Gasteiger partial charge in [-0.25, -0.2) is 4.98 Å². The Morgan fingerprint density at radius 1 is 1.25 bits per heavy atom. The highest BCUT2D eigenvalue weighted by Gasteiger charge is 2.09. The van der Waals surface area contributed by atoms with Crippen LogP contribution in [0.1, 0.15) is 30.5 Å². The van der Waals surface area contributed by atoms with Crippen molar-refractivity contribution in [2.45, 2.75) is 19.3 Å². The van der Waals surface area contributed by atoms with Crippen LogP contribution in [0.4, 0.5) is 5.82 Å². The summed E-state index contributed by atoms with van der Waals surface area (Å²) in [6, 6.07) is 15.8. The van der Waals surface area contributed by atoms with Crippen LogP contribution in [0.15, 0.2) is 42.5 Å². The number of benzene rings is 1. The van der Waals surface area contributed by atoms with Gasteiger partial charge in [-0.1, -0.05) is 48.9 Å². The molecule has 102 valence electrons. The van der Waals surface area contributed by atoms with Crippen molar-refractivity contribution in [3.63, 3.8) is 0 Å². The maximum Gasteiger partial charge on any atom is 0.161 e. The maximum absolute atomic E-state index is 8.92. The van der Waals surface area contributed by atoms with E-state index in [-0.39, 0.29) is 5.69 Å². The average Bonchev–Trinajstić information content (AvgIpc) is 2.50. The van der Waals surface area contributed by atoms with Gasteiger partial charge in [0.2, 0.25) is 0 Å². The van der Waals surface area contributed by atoms with E-state index in [9.17, 15) is 0 Å². The number of nitriles is 1. The van der Waals surface area contributed by atoms with Gasteiger partial charge in [0.15, 0.2) is 5.69 Å². The van der Waals surface area contributed by atoms with Crippen molar-refractivity contribution in [1.29, 1.82) is 5.26 Å². The second-order valence-corrected chi connectivity index (χ2v) is 4.94. The Morgan fingerprint density at radius 3 is 2.65 bits per heavy atom. The standard InChI is InChI=1S/C16H16ClN3/c1-2-12(13-6-4-3-5-7-13)11-19-16-9-8-14(17)15(10-18)20-16/h3-9,12H,2,11H2,1H3,(H,19,20). The van der Waals surface area contributed by atoms with Gasteiger partial charge in [0.05, 0.1) is 5.02 Å². The molecule has 0 amide bonds. The molecular formula is C16H16ClN3. The van der Waals surface area contributed by atoms with E-state index in [1.807, 2.05) is 24.3 Å². The normalized spacial score (nSPS) is 11.7. The van der Waals surface area contributed by atoms with Crippen molar-refractivity contribution in [3.05, 3.63) is 58.7 Å². The first kappa shape index (κ1) is 14.4. The Balaban J connectivity index is 2.06. The summed E-state index contributed by atoms with van der Waals surface area (Å²) >= 11 is 5.87. The Labute approximate surface area is 124 Å². The number of rotatable bonds is 5. The van der Waals surface area contributed by atoms with Gasteiger partial charge in [-0.3, -0.25) is 0 Å². The molecule has 0 spiro atoms. The van der Waals surface area contributed by atoms with Gasteiger partial charge in [0.1, 0.15) is 11.9 Å². The molecule has 1 atom stereocenters. The molecule has 3 nitrogen and oxygen atoms in total. The second-order valence-electron chi connectivity index (χ2n) is 4.54. The summed E-state index contributed by atoms with van der Waals surface area (Å²) in [4.78, 5) is 4.19. The number of aromatic nitrogens is 1. The van der Waals surface area contributed by atoms with Crippen molar-refractivity contribution in [2.75, 3.05) is 11.9 Å². The molecule has 0 saturated heterocycles. The highest BCUT2D eigenvalue weighted by Crippen LogP contribution is 2.21. The second kappa shape index (κ2) is 6.93. The third-order valence-electron chi connectivity index (χ3n) is 3.25. The number of hydrogen-bond donors (Lipinski definition) is 1. The SMILES string of the molecule is CCC(CNc1ccc(Cl)c(C#N)n1)c1ccccc1. The smallest absolute Gasteiger partial charge is 0.161 e. The Kier molecular flexibility index (Phi) is 4.97. The molecule has 0 aliphatic carbocycles. The van der Waals surface area contributed by atoms with E-state index in [4.69, 9.17) is 16.9 Å². The molecular weight excluding hydrogens is 270 g/mol. The average molecular weight is 286 g/mol. The monoisotopic (exact) mass is 285 g/mol. The summed E-state index contributed by atoms with van der Waals surface area (Å²) in [6.07, 6.45) is 1.04. The van der Waals surface area contributed by atoms with Crippen molar-refractivity contribution in [3.8, 4) is 6.07 Å². The quantitative estimate of drug-likeness (QED) is 0.895.